The first kappa shape index (κ1) is 40.8. The SMILES string of the molecule is COC(=O)N[C@H](C(=O)N1C[C@@H](C)C[C@H]1c1nc(C#Cc2ccc3cc(Cc4c[nH]c([C@@H]5C[C@H](C)CN5C(=O)[C@@H](NC(=O)OC)C(C)C)n4)ccc3c2)c[nH]1)C(C)C. The number of H-pyrrole nitrogens is 2. The van der Waals surface area contributed by atoms with E-state index in [2.05, 4.69) is 76.6 Å². The number of amides is 4. The van der Waals surface area contributed by atoms with Gasteiger partial charge in [0, 0.05) is 37.5 Å². The Morgan fingerprint density at radius 3 is 1.84 bits per heavy atom. The van der Waals surface area contributed by atoms with E-state index in [9.17, 15) is 19.2 Å². The Bertz CT molecular complexity index is 2160. The summed E-state index contributed by atoms with van der Waals surface area (Å²) in [6, 6.07) is 10.6. The van der Waals surface area contributed by atoms with Gasteiger partial charge in [-0.2, -0.15) is 0 Å². The number of methoxy groups -OCH3 is 2. The highest BCUT2D eigenvalue weighted by atomic mass is 16.5. The monoisotopic (exact) mass is 778 g/mol. The van der Waals surface area contributed by atoms with Crippen molar-refractivity contribution in [1.29, 1.82) is 0 Å². The molecule has 6 atom stereocenters. The zero-order valence-corrected chi connectivity index (χ0v) is 34.0. The molecule has 2 saturated heterocycles. The Kier molecular flexibility index (Phi) is 12.6. The summed E-state index contributed by atoms with van der Waals surface area (Å²) in [5.74, 6) is 7.86. The van der Waals surface area contributed by atoms with Gasteiger partial charge in [-0.25, -0.2) is 19.6 Å². The second kappa shape index (κ2) is 17.5. The van der Waals surface area contributed by atoms with Gasteiger partial charge in [0.05, 0.1) is 32.0 Å². The molecule has 4 aromatic rings. The third-order valence-corrected chi connectivity index (χ3v) is 10.9. The summed E-state index contributed by atoms with van der Waals surface area (Å²) in [5.41, 5.74) is 3.41. The van der Waals surface area contributed by atoms with Crippen molar-refractivity contribution in [3.63, 3.8) is 0 Å². The number of rotatable bonds is 10. The number of hydrogen-bond donors (Lipinski definition) is 4. The first-order valence-corrected chi connectivity index (χ1v) is 19.7. The smallest absolute Gasteiger partial charge is 0.407 e. The number of fused-ring (bicyclic) bond motifs is 1. The van der Waals surface area contributed by atoms with Gasteiger partial charge in [0.1, 0.15) is 29.4 Å². The van der Waals surface area contributed by atoms with Crippen molar-refractivity contribution in [3.8, 4) is 11.8 Å². The van der Waals surface area contributed by atoms with Crippen LogP contribution in [0.3, 0.4) is 0 Å². The lowest BCUT2D eigenvalue weighted by Gasteiger charge is -2.30. The van der Waals surface area contributed by atoms with Crippen LogP contribution in [0, 0.1) is 35.5 Å². The van der Waals surface area contributed by atoms with Gasteiger partial charge in [-0.3, -0.25) is 9.59 Å². The van der Waals surface area contributed by atoms with E-state index in [-0.39, 0.29) is 47.6 Å². The summed E-state index contributed by atoms with van der Waals surface area (Å²) in [5, 5.41) is 7.54. The van der Waals surface area contributed by atoms with E-state index in [1.165, 1.54) is 14.2 Å². The molecule has 6 rings (SSSR count). The lowest BCUT2D eigenvalue weighted by Crippen LogP contribution is -2.51. The van der Waals surface area contributed by atoms with Crippen LogP contribution in [0.5, 0.6) is 0 Å². The van der Waals surface area contributed by atoms with Crippen molar-refractivity contribution in [3.05, 3.63) is 83.0 Å². The minimum Gasteiger partial charge on any atom is -0.453 e. The van der Waals surface area contributed by atoms with E-state index in [1.807, 2.05) is 44.9 Å². The second-order valence-corrected chi connectivity index (χ2v) is 16.2. The molecule has 4 N–H and O–H groups in total. The molecular weight excluding hydrogens is 725 g/mol. The van der Waals surface area contributed by atoms with Crippen molar-refractivity contribution in [2.75, 3.05) is 27.3 Å². The summed E-state index contributed by atoms with van der Waals surface area (Å²) >= 11 is 0. The predicted octanol–water partition coefficient (Wildman–Crippen LogP) is 5.86. The van der Waals surface area contributed by atoms with Gasteiger partial charge in [0.15, 0.2) is 0 Å². The normalized spacial score (nSPS) is 20.3. The van der Waals surface area contributed by atoms with E-state index in [0.717, 1.165) is 46.3 Å². The second-order valence-electron chi connectivity index (χ2n) is 16.2. The number of carbonyl (C=O) groups is 4. The molecule has 0 unspecified atom stereocenters. The van der Waals surface area contributed by atoms with E-state index in [4.69, 9.17) is 19.4 Å². The van der Waals surface area contributed by atoms with Crippen molar-refractivity contribution in [2.24, 2.45) is 23.7 Å². The zero-order valence-electron chi connectivity index (χ0n) is 34.0. The number of hydrogen-bond acceptors (Lipinski definition) is 8. The Balaban J connectivity index is 1.11. The largest absolute Gasteiger partial charge is 0.453 e. The number of nitrogens with zero attached hydrogens (tertiary/aromatic N) is 4. The van der Waals surface area contributed by atoms with E-state index in [1.54, 1.807) is 11.1 Å². The third-order valence-electron chi connectivity index (χ3n) is 10.9. The summed E-state index contributed by atoms with van der Waals surface area (Å²) in [7, 11) is 2.58. The maximum absolute atomic E-state index is 13.7. The topological polar surface area (TPSA) is 175 Å². The van der Waals surface area contributed by atoms with Crippen molar-refractivity contribution < 1.29 is 28.7 Å². The van der Waals surface area contributed by atoms with Crippen molar-refractivity contribution in [1.82, 2.24) is 40.4 Å². The molecular formula is C43H54N8O6. The van der Waals surface area contributed by atoms with E-state index < -0.39 is 24.3 Å². The van der Waals surface area contributed by atoms with Gasteiger partial charge in [-0.15, -0.1) is 0 Å². The summed E-state index contributed by atoms with van der Waals surface area (Å²) in [4.78, 5) is 71.1. The molecule has 4 heterocycles. The van der Waals surface area contributed by atoms with Crippen molar-refractivity contribution in [2.45, 2.75) is 85.0 Å². The molecule has 2 aromatic heterocycles. The maximum atomic E-state index is 13.7. The molecule has 2 aliphatic rings. The molecule has 2 fully saturated rings. The quantitative estimate of drug-likeness (QED) is 0.145. The minimum atomic E-state index is -0.708. The molecule has 0 saturated carbocycles. The highest BCUT2D eigenvalue weighted by Crippen LogP contribution is 2.36. The number of ether oxygens (including phenoxy) is 2. The molecule has 0 aliphatic carbocycles. The number of imidazole rings is 2. The molecule has 57 heavy (non-hydrogen) atoms. The van der Waals surface area contributed by atoms with Crippen LogP contribution in [0.2, 0.25) is 0 Å². The van der Waals surface area contributed by atoms with Crippen LogP contribution in [0.1, 0.15) is 101 Å². The lowest BCUT2D eigenvalue weighted by atomic mass is 10.0. The van der Waals surface area contributed by atoms with Crippen LogP contribution in [0.15, 0.2) is 48.8 Å². The Labute approximate surface area is 333 Å². The Morgan fingerprint density at radius 2 is 1.28 bits per heavy atom. The van der Waals surface area contributed by atoms with Crippen LogP contribution in [-0.4, -0.2) is 93.1 Å². The molecule has 2 aliphatic heterocycles. The van der Waals surface area contributed by atoms with Crippen LogP contribution >= 0.6 is 0 Å². The van der Waals surface area contributed by atoms with E-state index in [0.29, 0.717) is 31.0 Å². The fourth-order valence-electron chi connectivity index (χ4n) is 7.89. The molecule has 14 nitrogen and oxygen atoms in total. The average molecular weight is 779 g/mol. The van der Waals surface area contributed by atoms with Gasteiger partial charge >= 0.3 is 12.2 Å². The molecule has 0 bridgehead atoms. The molecule has 0 radical (unpaired) electrons. The minimum absolute atomic E-state index is 0.110. The summed E-state index contributed by atoms with van der Waals surface area (Å²) < 4.78 is 9.54. The van der Waals surface area contributed by atoms with Crippen LogP contribution in [0.25, 0.3) is 10.8 Å². The highest BCUT2D eigenvalue weighted by Gasteiger charge is 2.41. The summed E-state index contributed by atoms with van der Waals surface area (Å²) in [6.07, 6.45) is 4.56. The first-order chi connectivity index (χ1) is 27.2. The Morgan fingerprint density at radius 1 is 0.754 bits per heavy atom. The Hall–Kier alpha value is -5.84. The van der Waals surface area contributed by atoms with Crippen molar-refractivity contribution >= 4 is 34.8 Å². The van der Waals surface area contributed by atoms with Gasteiger partial charge in [-0.1, -0.05) is 71.7 Å². The van der Waals surface area contributed by atoms with Gasteiger partial charge < -0.3 is 39.9 Å². The number of benzene rings is 2. The number of aromatic nitrogens is 4. The van der Waals surface area contributed by atoms with Crippen LogP contribution in [-0.2, 0) is 25.5 Å². The number of carbonyl (C=O) groups excluding carboxylic acids is 4. The highest BCUT2D eigenvalue weighted by molar-refractivity contribution is 5.87. The first-order valence-electron chi connectivity index (χ1n) is 19.7. The van der Waals surface area contributed by atoms with E-state index >= 15 is 0 Å². The van der Waals surface area contributed by atoms with Crippen LogP contribution in [0.4, 0.5) is 9.59 Å². The molecule has 2 aromatic carbocycles. The average Bonchev–Trinajstić information content (AvgIpc) is 4.01. The third kappa shape index (κ3) is 9.42. The number of likely N-dealkylation sites (tertiary alicyclic amines) is 2. The maximum Gasteiger partial charge on any atom is 0.407 e. The molecule has 4 amide bonds. The fraction of sp³-hybridized carbons (Fsp3) is 0.488. The number of alkyl carbamates (subject to hydrolysis) is 2. The fourth-order valence-corrected chi connectivity index (χ4v) is 7.89. The standard InChI is InChI=1S/C43H54N8O6/c1-24(2)36(48-42(54)56-7)40(52)50-22-26(5)15-34(50)38-44-20-32(46-38)14-11-28-9-12-31-18-29(10-13-30(31)17-28)19-33-21-45-39(47-33)35-16-27(6)23-51(35)41(53)37(25(3)4)49-43(55)57-8/h9-10,12-13,17-18,20-21,24-27,34-37H,15-16,19,22-23H2,1-8H3,(H,44,46)(H,45,47)(H,48,54)(H,49,55)/t26-,27-,34-,35-,36-,37-/m0/s1. The number of aromatic amines is 2. The van der Waals surface area contributed by atoms with Gasteiger partial charge in [0.25, 0.3) is 0 Å². The van der Waals surface area contributed by atoms with Gasteiger partial charge in [-0.05, 0) is 70.9 Å². The molecule has 14 heteroatoms. The van der Waals surface area contributed by atoms with Gasteiger partial charge in [0.2, 0.25) is 11.8 Å². The molecule has 0 spiro atoms. The zero-order chi connectivity index (χ0) is 41.0. The molecule has 302 valence electrons. The lowest BCUT2D eigenvalue weighted by molar-refractivity contribution is -0.136. The van der Waals surface area contributed by atoms with Crippen LogP contribution < -0.4 is 10.6 Å². The summed E-state index contributed by atoms with van der Waals surface area (Å²) in [6.45, 7) is 13.0. The predicted molar refractivity (Wildman–Crippen MR) is 215 cm³/mol. The number of nitrogens with one attached hydrogen (secondary N) is 4.